The van der Waals surface area contributed by atoms with E-state index in [9.17, 15) is 9.59 Å². The van der Waals surface area contributed by atoms with Crippen molar-refractivity contribution in [2.75, 3.05) is 32.7 Å². The van der Waals surface area contributed by atoms with Gasteiger partial charge in [0.25, 0.3) is 5.91 Å². The Balaban J connectivity index is 1.77. The van der Waals surface area contributed by atoms with E-state index in [1.54, 1.807) is 0 Å². The second-order valence-corrected chi connectivity index (χ2v) is 6.16. The van der Waals surface area contributed by atoms with Gasteiger partial charge in [-0.1, -0.05) is 6.92 Å². The molecule has 1 atom stereocenters. The molecule has 1 saturated heterocycles. The fourth-order valence-electron chi connectivity index (χ4n) is 2.25. The highest BCUT2D eigenvalue weighted by Crippen LogP contribution is 2.12. The Morgan fingerprint density at radius 3 is 2.52 bits per heavy atom. The Bertz CT molecular complexity index is 467. The standard InChI is InChI=1S/C15H23N3O2S/c1-3-12(2)16-10-14(19)17-5-7-18(8-6-17)15(20)13-4-9-21-11-13/h4,9,11-12,16H,3,5-8,10H2,1-2H3. The first-order valence-electron chi connectivity index (χ1n) is 7.44. The number of amides is 2. The monoisotopic (exact) mass is 309 g/mol. The minimum absolute atomic E-state index is 0.0704. The zero-order valence-corrected chi connectivity index (χ0v) is 13.5. The number of carbonyl (C=O) groups excluding carboxylic acids is 2. The average Bonchev–Trinajstić information content (AvgIpc) is 3.06. The average molecular weight is 309 g/mol. The molecule has 0 aromatic carbocycles. The van der Waals surface area contributed by atoms with E-state index in [2.05, 4.69) is 19.2 Å². The number of hydrogen-bond donors (Lipinski definition) is 1. The van der Waals surface area contributed by atoms with Gasteiger partial charge in [0.2, 0.25) is 5.91 Å². The molecule has 0 radical (unpaired) electrons. The third-order valence-corrected chi connectivity index (χ3v) is 4.59. The van der Waals surface area contributed by atoms with Crippen molar-refractivity contribution in [3.8, 4) is 0 Å². The molecule has 1 fully saturated rings. The predicted molar refractivity (Wildman–Crippen MR) is 84.6 cm³/mol. The van der Waals surface area contributed by atoms with Gasteiger partial charge in [0.05, 0.1) is 12.1 Å². The predicted octanol–water partition coefficient (Wildman–Crippen LogP) is 1.42. The van der Waals surface area contributed by atoms with Crippen LogP contribution in [0.4, 0.5) is 0 Å². The number of rotatable bonds is 5. The molecule has 2 rings (SSSR count). The fraction of sp³-hybridized carbons (Fsp3) is 0.600. The highest BCUT2D eigenvalue weighted by Gasteiger charge is 2.24. The summed E-state index contributed by atoms with van der Waals surface area (Å²) >= 11 is 1.53. The van der Waals surface area contributed by atoms with Gasteiger partial charge in [-0.15, -0.1) is 0 Å². The lowest BCUT2D eigenvalue weighted by Gasteiger charge is -2.35. The third kappa shape index (κ3) is 4.28. The first-order valence-corrected chi connectivity index (χ1v) is 8.38. The van der Waals surface area contributed by atoms with Crippen molar-refractivity contribution in [1.29, 1.82) is 0 Å². The van der Waals surface area contributed by atoms with Gasteiger partial charge < -0.3 is 15.1 Å². The number of carbonyl (C=O) groups is 2. The number of hydrogen-bond acceptors (Lipinski definition) is 4. The Morgan fingerprint density at radius 2 is 1.95 bits per heavy atom. The quantitative estimate of drug-likeness (QED) is 0.895. The molecule has 5 nitrogen and oxygen atoms in total. The first kappa shape index (κ1) is 16.0. The van der Waals surface area contributed by atoms with E-state index in [1.807, 2.05) is 26.6 Å². The van der Waals surface area contributed by atoms with Crippen LogP contribution in [0.5, 0.6) is 0 Å². The molecule has 0 spiro atoms. The van der Waals surface area contributed by atoms with Gasteiger partial charge >= 0.3 is 0 Å². The zero-order valence-electron chi connectivity index (χ0n) is 12.7. The molecule has 116 valence electrons. The van der Waals surface area contributed by atoms with Crippen LogP contribution in [0, 0.1) is 0 Å². The van der Waals surface area contributed by atoms with Crippen LogP contribution in [0.25, 0.3) is 0 Å². The summed E-state index contributed by atoms with van der Waals surface area (Å²) in [6.45, 7) is 7.02. The number of nitrogens with zero attached hydrogens (tertiary/aromatic N) is 2. The highest BCUT2D eigenvalue weighted by atomic mass is 32.1. The lowest BCUT2D eigenvalue weighted by atomic mass is 10.2. The summed E-state index contributed by atoms with van der Waals surface area (Å²) in [4.78, 5) is 28.0. The van der Waals surface area contributed by atoms with E-state index in [0.717, 1.165) is 12.0 Å². The molecular weight excluding hydrogens is 286 g/mol. The van der Waals surface area contributed by atoms with Gasteiger partial charge in [-0.2, -0.15) is 11.3 Å². The van der Waals surface area contributed by atoms with Crippen LogP contribution in [-0.4, -0.2) is 60.4 Å². The van der Waals surface area contributed by atoms with Crippen molar-refractivity contribution < 1.29 is 9.59 Å². The molecule has 0 saturated carbocycles. The smallest absolute Gasteiger partial charge is 0.254 e. The summed E-state index contributed by atoms with van der Waals surface area (Å²) in [5.74, 6) is 0.194. The lowest BCUT2D eigenvalue weighted by molar-refractivity contribution is -0.131. The molecule has 2 amide bonds. The van der Waals surface area contributed by atoms with Gasteiger partial charge in [-0.3, -0.25) is 9.59 Å². The zero-order chi connectivity index (χ0) is 15.2. The summed E-state index contributed by atoms with van der Waals surface area (Å²) in [6.07, 6.45) is 1.01. The van der Waals surface area contributed by atoms with Gasteiger partial charge in [0.15, 0.2) is 0 Å². The molecule has 6 heteroatoms. The second-order valence-electron chi connectivity index (χ2n) is 5.38. The number of thiophene rings is 1. The molecule has 1 aliphatic rings. The van der Waals surface area contributed by atoms with Crippen molar-refractivity contribution in [1.82, 2.24) is 15.1 Å². The second kappa shape index (κ2) is 7.56. The molecule has 1 aromatic rings. The Kier molecular flexibility index (Phi) is 5.76. The summed E-state index contributed by atoms with van der Waals surface area (Å²) in [6, 6.07) is 2.20. The Morgan fingerprint density at radius 1 is 1.29 bits per heavy atom. The van der Waals surface area contributed by atoms with E-state index in [4.69, 9.17) is 0 Å². The maximum absolute atomic E-state index is 12.2. The maximum Gasteiger partial charge on any atom is 0.254 e. The summed E-state index contributed by atoms with van der Waals surface area (Å²) in [7, 11) is 0. The van der Waals surface area contributed by atoms with Crippen molar-refractivity contribution in [2.24, 2.45) is 0 Å². The van der Waals surface area contributed by atoms with E-state index < -0.39 is 0 Å². The van der Waals surface area contributed by atoms with E-state index in [1.165, 1.54) is 11.3 Å². The first-order chi connectivity index (χ1) is 10.1. The van der Waals surface area contributed by atoms with Crippen LogP contribution >= 0.6 is 11.3 Å². The fourth-order valence-corrected chi connectivity index (χ4v) is 2.88. The van der Waals surface area contributed by atoms with Gasteiger partial charge in [0, 0.05) is 37.6 Å². The van der Waals surface area contributed by atoms with Crippen LogP contribution in [0.2, 0.25) is 0 Å². The van der Waals surface area contributed by atoms with Crippen LogP contribution in [0.3, 0.4) is 0 Å². The Labute approximate surface area is 129 Å². The van der Waals surface area contributed by atoms with Crippen molar-refractivity contribution >= 4 is 23.2 Å². The maximum atomic E-state index is 12.2. The van der Waals surface area contributed by atoms with E-state index in [-0.39, 0.29) is 11.8 Å². The minimum Gasteiger partial charge on any atom is -0.338 e. The van der Waals surface area contributed by atoms with Crippen molar-refractivity contribution in [3.05, 3.63) is 22.4 Å². The van der Waals surface area contributed by atoms with Crippen LogP contribution < -0.4 is 5.32 Å². The minimum atomic E-state index is 0.0704. The van der Waals surface area contributed by atoms with E-state index >= 15 is 0 Å². The number of nitrogens with one attached hydrogen (secondary N) is 1. The molecular formula is C15H23N3O2S. The van der Waals surface area contributed by atoms with Crippen LogP contribution in [0.15, 0.2) is 16.8 Å². The van der Waals surface area contributed by atoms with Gasteiger partial charge in [-0.25, -0.2) is 0 Å². The Hall–Kier alpha value is -1.40. The molecule has 0 bridgehead atoms. The molecule has 2 heterocycles. The van der Waals surface area contributed by atoms with Crippen LogP contribution in [0.1, 0.15) is 30.6 Å². The summed E-state index contributed by atoms with van der Waals surface area (Å²) < 4.78 is 0. The van der Waals surface area contributed by atoms with Gasteiger partial charge in [0.1, 0.15) is 0 Å². The molecule has 1 aliphatic heterocycles. The highest BCUT2D eigenvalue weighted by molar-refractivity contribution is 7.08. The molecule has 1 N–H and O–H groups in total. The summed E-state index contributed by atoms with van der Waals surface area (Å²) in [5.41, 5.74) is 0.748. The molecule has 1 unspecified atom stereocenters. The topological polar surface area (TPSA) is 52.7 Å². The molecule has 21 heavy (non-hydrogen) atoms. The summed E-state index contributed by atoms with van der Waals surface area (Å²) in [5, 5.41) is 7.00. The van der Waals surface area contributed by atoms with E-state index in [0.29, 0.717) is 38.8 Å². The lowest BCUT2D eigenvalue weighted by Crippen LogP contribution is -2.52. The SMILES string of the molecule is CCC(C)NCC(=O)N1CCN(C(=O)c2ccsc2)CC1. The molecule has 0 aliphatic carbocycles. The van der Waals surface area contributed by atoms with Gasteiger partial charge in [-0.05, 0) is 24.8 Å². The normalized spacial score (nSPS) is 16.9. The van der Waals surface area contributed by atoms with Crippen molar-refractivity contribution in [2.45, 2.75) is 26.3 Å². The van der Waals surface area contributed by atoms with Crippen LogP contribution in [-0.2, 0) is 4.79 Å². The van der Waals surface area contributed by atoms with Crippen molar-refractivity contribution in [3.63, 3.8) is 0 Å². The molecule has 1 aromatic heterocycles. The number of piperazine rings is 1. The third-order valence-electron chi connectivity index (χ3n) is 3.90. The largest absolute Gasteiger partial charge is 0.338 e.